The first kappa shape index (κ1) is 46.0. The van der Waals surface area contributed by atoms with Gasteiger partial charge in [0.2, 0.25) is 0 Å². The van der Waals surface area contributed by atoms with Gasteiger partial charge in [0.15, 0.2) is 0 Å². The molecule has 0 N–H and O–H groups in total. The van der Waals surface area contributed by atoms with Gasteiger partial charge in [-0.3, -0.25) is 0 Å². The van der Waals surface area contributed by atoms with E-state index in [0.717, 1.165) is 78.7 Å². The smallest absolute Gasteiger partial charge is 1.00 e. The maximum atomic E-state index is 3.36. The minimum Gasteiger partial charge on any atom is -1.00 e. The molecule has 0 aliphatic heterocycles. The first-order valence-electron chi connectivity index (χ1n) is 20.3. The molecule has 0 spiro atoms. The zero-order valence-corrected chi connectivity index (χ0v) is 38.6. The minimum atomic E-state index is 0. The van der Waals surface area contributed by atoms with Crippen molar-refractivity contribution in [2.75, 3.05) is 0 Å². The number of halogens is 2. The third kappa shape index (κ3) is 12.3. The molecule has 4 aromatic carbocycles. The van der Waals surface area contributed by atoms with E-state index >= 15 is 0 Å². The van der Waals surface area contributed by atoms with Crippen LogP contribution in [0, 0.1) is 47.4 Å². The number of fused-ring (bicyclic) bond motifs is 6. The van der Waals surface area contributed by atoms with Crippen molar-refractivity contribution in [1.82, 2.24) is 0 Å². The van der Waals surface area contributed by atoms with Gasteiger partial charge in [0.05, 0.1) is 0 Å². The molecule has 0 atom stereocenters. The molecule has 0 aromatic heterocycles. The van der Waals surface area contributed by atoms with Crippen LogP contribution in [0.1, 0.15) is 172 Å². The van der Waals surface area contributed by atoms with E-state index < -0.39 is 0 Å². The van der Waals surface area contributed by atoms with Gasteiger partial charge in [-0.25, -0.2) is 0 Å². The standard InChI is InChI=1S/C27H30.C25H25.2ClH.Hf/c1-4-7-9-11-13-21-15-17-24-25-18-16-22(14-12-10-8-5-2)20-27(25)23(6-3)26(24)19-21;1-3-5-7-9-11-20-13-15-24-22(17-20)19-23-18-21(14-16-25(23)24)12-10-8-6-4-2;;;/h15-20,23H,4-10H2,1-3H3;13-19H,3-8H2,1-2H3;2*1H;/q;;;;+2/p-2. The van der Waals surface area contributed by atoms with Crippen LogP contribution in [0.2, 0.25) is 0 Å². The summed E-state index contributed by atoms with van der Waals surface area (Å²) in [5.41, 5.74) is 16.0. The Kier molecular flexibility index (Phi) is 20.3. The van der Waals surface area contributed by atoms with Crippen molar-refractivity contribution in [1.29, 1.82) is 0 Å². The molecule has 0 saturated carbocycles. The normalized spacial score (nSPS) is 11.4. The molecular formula is C52H55Cl2Hf. The Hall–Kier alpha value is -3.43. The van der Waals surface area contributed by atoms with Crippen molar-refractivity contribution in [3.8, 4) is 69.6 Å². The Bertz CT molecular complexity index is 1980. The summed E-state index contributed by atoms with van der Waals surface area (Å²) in [6.45, 7) is 11.1. The zero-order chi connectivity index (χ0) is 37.4. The average Bonchev–Trinajstić information content (AvgIpc) is 3.65. The van der Waals surface area contributed by atoms with E-state index in [1.165, 1.54) is 95.9 Å². The van der Waals surface area contributed by atoms with Crippen LogP contribution in [0.15, 0.2) is 72.8 Å². The van der Waals surface area contributed by atoms with Crippen molar-refractivity contribution < 1.29 is 49.2 Å². The van der Waals surface area contributed by atoms with E-state index in [4.69, 9.17) is 0 Å². The largest absolute Gasteiger partial charge is 1.00 e. The van der Waals surface area contributed by atoms with Crippen LogP contribution in [0.4, 0.5) is 0 Å². The van der Waals surface area contributed by atoms with Crippen molar-refractivity contribution in [3.63, 3.8) is 0 Å². The maximum Gasteiger partial charge on any atom is -1.00 e. The monoisotopic (exact) mass is 929 g/mol. The third-order valence-corrected chi connectivity index (χ3v) is 12.4. The number of hydrogen-bond acceptors (Lipinski definition) is 0. The number of unbranched alkanes of at least 4 members (excludes halogenated alkanes) is 8. The van der Waals surface area contributed by atoms with Crippen LogP contribution in [-0.4, -0.2) is 0 Å². The Morgan fingerprint density at radius 1 is 0.418 bits per heavy atom. The molecule has 0 nitrogen and oxygen atoms in total. The van der Waals surface area contributed by atoms with E-state index in [1.807, 2.05) is 0 Å². The molecule has 0 radical (unpaired) electrons. The molecule has 4 aromatic rings. The van der Waals surface area contributed by atoms with Crippen LogP contribution in [0.5, 0.6) is 0 Å². The Morgan fingerprint density at radius 2 is 0.691 bits per heavy atom. The second kappa shape index (κ2) is 24.3. The number of rotatable bonds is 9. The first-order chi connectivity index (χ1) is 26.0. The van der Waals surface area contributed by atoms with Gasteiger partial charge in [-0.2, -0.15) is 0 Å². The molecule has 2 aliphatic carbocycles. The van der Waals surface area contributed by atoms with Crippen LogP contribution in [0.3, 0.4) is 0 Å². The van der Waals surface area contributed by atoms with Crippen LogP contribution < -0.4 is 24.8 Å². The average molecular weight is 929 g/mol. The van der Waals surface area contributed by atoms with Crippen molar-refractivity contribution in [3.05, 3.63) is 117 Å². The molecule has 0 amide bonds. The van der Waals surface area contributed by atoms with Gasteiger partial charge in [-0.15, -0.1) is 0 Å². The minimum absolute atomic E-state index is 0. The van der Waals surface area contributed by atoms with Crippen molar-refractivity contribution in [2.45, 2.75) is 128 Å². The van der Waals surface area contributed by atoms with Crippen LogP contribution in [0.25, 0.3) is 22.3 Å². The molecule has 6 rings (SSSR count). The summed E-state index contributed by atoms with van der Waals surface area (Å²) >= 11 is 1.12. The van der Waals surface area contributed by atoms with Gasteiger partial charge in [0, 0.05) is 29.9 Å². The second-order valence-corrected chi connectivity index (χ2v) is 16.3. The maximum absolute atomic E-state index is 3.36. The van der Waals surface area contributed by atoms with Gasteiger partial charge in [0.25, 0.3) is 0 Å². The van der Waals surface area contributed by atoms with E-state index in [1.54, 1.807) is 0 Å². The quantitative estimate of drug-likeness (QED) is 0.0919. The molecular weight excluding hydrogens is 874 g/mol. The fourth-order valence-corrected chi connectivity index (χ4v) is 8.81. The second-order valence-electron chi connectivity index (χ2n) is 14.2. The van der Waals surface area contributed by atoms with Gasteiger partial charge in [0.1, 0.15) is 0 Å². The van der Waals surface area contributed by atoms with Crippen LogP contribution >= 0.6 is 0 Å². The van der Waals surface area contributed by atoms with Crippen molar-refractivity contribution in [2.24, 2.45) is 0 Å². The fourth-order valence-electron chi connectivity index (χ4n) is 7.09. The number of benzene rings is 4. The van der Waals surface area contributed by atoms with E-state index in [0.29, 0.717) is 9.59 Å². The summed E-state index contributed by atoms with van der Waals surface area (Å²) < 4.78 is 0.551. The third-order valence-electron chi connectivity index (χ3n) is 10.1. The summed E-state index contributed by atoms with van der Waals surface area (Å²) in [4.78, 5) is 0. The number of hydrogen-bond donors (Lipinski definition) is 0. The zero-order valence-electron chi connectivity index (χ0n) is 33.5. The van der Waals surface area contributed by atoms with E-state index in [9.17, 15) is 0 Å². The summed E-state index contributed by atoms with van der Waals surface area (Å²) in [5.74, 6) is 27.2. The molecule has 0 saturated heterocycles. The molecule has 0 heterocycles. The van der Waals surface area contributed by atoms with Gasteiger partial charge in [-0.05, 0) is 65.8 Å². The SMILES string of the molecule is CCCCC#Cc1ccc2c(c1)C(CC)c1cc(C#CCCCC)ccc1-2.CCCCC#Cc1ccc2c(c1)[CH]([Hf+2])c1cc(C#CCCCC)ccc1-2.[Cl-].[Cl-]. The Balaban J connectivity index is 0.000000285. The fraction of sp³-hybridized carbons (Fsp3) is 0.385. The van der Waals surface area contributed by atoms with E-state index in [2.05, 4.69) is 155 Å². The van der Waals surface area contributed by atoms with Crippen molar-refractivity contribution >= 4 is 0 Å². The molecule has 55 heavy (non-hydrogen) atoms. The molecule has 2 aliphatic rings. The predicted molar refractivity (Wildman–Crippen MR) is 223 cm³/mol. The summed E-state index contributed by atoms with van der Waals surface area (Å²) in [7, 11) is 0. The predicted octanol–water partition coefficient (Wildman–Crippen LogP) is 7.69. The molecule has 0 bridgehead atoms. The molecule has 3 heteroatoms. The molecule has 0 unspecified atom stereocenters. The summed E-state index contributed by atoms with van der Waals surface area (Å²) in [6.07, 6.45) is 14.7. The van der Waals surface area contributed by atoms with Crippen LogP contribution in [-0.2, 0) is 24.4 Å². The van der Waals surface area contributed by atoms with Gasteiger partial charge < -0.3 is 24.8 Å². The van der Waals surface area contributed by atoms with E-state index in [-0.39, 0.29) is 24.8 Å². The molecule has 281 valence electrons. The van der Waals surface area contributed by atoms with Gasteiger partial charge in [-0.1, -0.05) is 69.4 Å². The summed E-state index contributed by atoms with van der Waals surface area (Å²) in [5, 5.41) is 0. The first-order valence-corrected chi connectivity index (χ1v) is 22.3. The topological polar surface area (TPSA) is 0 Å². The summed E-state index contributed by atoms with van der Waals surface area (Å²) in [6, 6.07) is 27.0. The Labute approximate surface area is 361 Å². The molecule has 0 fully saturated rings. The van der Waals surface area contributed by atoms with Gasteiger partial charge >= 0.3 is 174 Å². The Morgan fingerprint density at radius 3 is 0.964 bits per heavy atom.